The summed E-state index contributed by atoms with van der Waals surface area (Å²) in [5.74, 6) is -0.460. The number of hydrogen-bond donors (Lipinski definition) is 2. The Hall–Kier alpha value is -2.46. The topological polar surface area (TPSA) is 88.8 Å². The highest BCUT2D eigenvalue weighted by Crippen LogP contribution is 2.33. The Kier molecular flexibility index (Phi) is 3.31. The summed E-state index contributed by atoms with van der Waals surface area (Å²) in [7, 11) is 0. The lowest BCUT2D eigenvalue weighted by Crippen LogP contribution is -2.46. The number of H-pyrrole nitrogens is 1. The van der Waals surface area contributed by atoms with Crippen molar-refractivity contribution in [2.45, 2.75) is 18.4 Å². The highest BCUT2D eigenvalue weighted by Gasteiger charge is 2.37. The summed E-state index contributed by atoms with van der Waals surface area (Å²) in [5.41, 5.74) is -0.0251. The van der Waals surface area contributed by atoms with Gasteiger partial charge in [0.2, 0.25) is 0 Å². The molecule has 21 heavy (non-hydrogen) atoms. The van der Waals surface area contributed by atoms with Gasteiger partial charge < -0.3 is 10.0 Å². The summed E-state index contributed by atoms with van der Waals surface area (Å²) in [6.45, 7) is 0.880. The van der Waals surface area contributed by atoms with Crippen LogP contribution in [0.3, 0.4) is 0 Å². The van der Waals surface area contributed by atoms with E-state index in [1.165, 1.54) is 12.3 Å². The van der Waals surface area contributed by atoms with Crippen LogP contribution in [0.4, 0.5) is 10.1 Å². The Morgan fingerprint density at radius 2 is 2.33 bits per heavy atom. The van der Waals surface area contributed by atoms with Gasteiger partial charge in [-0.15, -0.1) is 0 Å². The van der Waals surface area contributed by atoms with E-state index >= 15 is 0 Å². The third-order valence-corrected chi connectivity index (χ3v) is 3.78. The number of rotatable bonds is 2. The van der Waals surface area contributed by atoms with Crippen molar-refractivity contribution < 1.29 is 9.50 Å². The lowest BCUT2D eigenvalue weighted by molar-refractivity contribution is 0.0175. The largest absolute Gasteiger partial charge is 0.382 e. The molecule has 1 unspecified atom stereocenters. The highest BCUT2D eigenvalue weighted by atomic mass is 19.1. The van der Waals surface area contributed by atoms with E-state index in [0.717, 1.165) is 0 Å². The SMILES string of the molecule is N#Cc1ccc(N2CCCC(O)(c3cn[nH]n3)C2)c(F)c1. The van der Waals surface area contributed by atoms with Gasteiger partial charge in [-0.25, -0.2) is 4.39 Å². The summed E-state index contributed by atoms with van der Waals surface area (Å²) >= 11 is 0. The van der Waals surface area contributed by atoms with E-state index in [-0.39, 0.29) is 12.1 Å². The zero-order valence-electron chi connectivity index (χ0n) is 11.3. The molecule has 3 rings (SSSR count). The van der Waals surface area contributed by atoms with Crippen LogP contribution in [0, 0.1) is 17.1 Å². The van der Waals surface area contributed by atoms with Crippen molar-refractivity contribution in [3.05, 3.63) is 41.5 Å². The summed E-state index contributed by atoms with van der Waals surface area (Å²) in [5, 5.41) is 29.6. The van der Waals surface area contributed by atoms with Crippen LogP contribution >= 0.6 is 0 Å². The standard InChI is InChI=1S/C14H14FN5O/c15-11-6-10(7-16)2-3-12(11)20-5-1-4-14(21,9-20)13-8-17-19-18-13/h2-3,6,8,21H,1,4-5,9H2,(H,17,18,19). The molecule has 1 fully saturated rings. The number of nitrogens with zero attached hydrogens (tertiary/aromatic N) is 4. The molecule has 1 aromatic heterocycles. The second kappa shape index (κ2) is 5.14. The maximum Gasteiger partial charge on any atom is 0.147 e. The zero-order valence-corrected chi connectivity index (χ0v) is 11.3. The Balaban J connectivity index is 1.89. The van der Waals surface area contributed by atoms with Crippen LogP contribution in [0.25, 0.3) is 0 Å². The molecular formula is C14H14FN5O. The van der Waals surface area contributed by atoms with Gasteiger partial charge in [0, 0.05) is 6.54 Å². The smallest absolute Gasteiger partial charge is 0.147 e. The number of hydrogen-bond acceptors (Lipinski definition) is 5. The molecular weight excluding hydrogens is 273 g/mol. The quantitative estimate of drug-likeness (QED) is 0.869. The Morgan fingerprint density at radius 3 is 3.00 bits per heavy atom. The van der Waals surface area contributed by atoms with Crippen molar-refractivity contribution in [3.63, 3.8) is 0 Å². The normalized spacial score (nSPS) is 22.0. The molecule has 2 heterocycles. The molecule has 0 spiro atoms. The van der Waals surface area contributed by atoms with Crippen LogP contribution in [0.2, 0.25) is 0 Å². The van der Waals surface area contributed by atoms with E-state index in [4.69, 9.17) is 5.26 Å². The average molecular weight is 287 g/mol. The number of aliphatic hydroxyl groups is 1. The zero-order chi connectivity index (χ0) is 14.9. The highest BCUT2D eigenvalue weighted by molar-refractivity contribution is 5.52. The predicted octanol–water partition coefficient (Wildman–Crippen LogP) is 1.30. The fourth-order valence-corrected chi connectivity index (χ4v) is 2.71. The van der Waals surface area contributed by atoms with Gasteiger partial charge in [-0.05, 0) is 31.0 Å². The van der Waals surface area contributed by atoms with E-state index in [1.807, 2.05) is 6.07 Å². The molecule has 2 N–H and O–H groups in total. The van der Waals surface area contributed by atoms with Crippen LogP contribution in [-0.4, -0.2) is 33.6 Å². The summed E-state index contributed by atoms with van der Waals surface area (Å²) in [6, 6.07) is 6.26. The van der Waals surface area contributed by atoms with Crippen molar-refractivity contribution in [1.82, 2.24) is 15.4 Å². The first-order valence-corrected chi connectivity index (χ1v) is 6.66. The molecule has 1 atom stereocenters. The van der Waals surface area contributed by atoms with Gasteiger partial charge in [0.15, 0.2) is 0 Å². The first kappa shape index (κ1) is 13.5. The molecule has 0 aliphatic carbocycles. The Morgan fingerprint density at radius 1 is 1.48 bits per heavy atom. The number of benzene rings is 1. The maximum atomic E-state index is 14.1. The van der Waals surface area contributed by atoms with Crippen LogP contribution in [-0.2, 0) is 5.60 Å². The summed E-state index contributed by atoms with van der Waals surface area (Å²) < 4.78 is 14.1. The molecule has 0 radical (unpaired) electrons. The van der Waals surface area contributed by atoms with Crippen molar-refractivity contribution in [3.8, 4) is 6.07 Å². The molecule has 0 saturated carbocycles. The molecule has 1 aliphatic heterocycles. The Bertz CT molecular complexity index is 681. The van der Waals surface area contributed by atoms with Crippen molar-refractivity contribution in [2.75, 3.05) is 18.0 Å². The van der Waals surface area contributed by atoms with Gasteiger partial charge in [-0.1, -0.05) is 0 Å². The fourth-order valence-electron chi connectivity index (χ4n) is 2.71. The van der Waals surface area contributed by atoms with Crippen molar-refractivity contribution in [1.29, 1.82) is 5.26 Å². The van der Waals surface area contributed by atoms with Crippen LogP contribution in [0.5, 0.6) is 0 Å². The third kappa shape index (κ3) is 2.45. The number of piperidine rings is 1. The fraction of sp³-hybridized carbons (Fsp3) is 0.357. The van der Waals surface area contributed by atoms with Crippen LogP contribution in [0.15, 0.2) is 24.4 Å². The van der Waals surface area contributed by atoms with Gasteiger partial charge in [0.25, 0.3) is 0 Å². The van der Waals surface area contributed by atoms with Gasteiger partial charge in [0.05, 0.1) is 30.1 Å². The van der Waals surface area contributed by atoms with Crippen LogP contribution < -0.4 is 4.90 Å². The van der Waals surface area contributed by atoms with Gasteiger partial charge in [0.1, 0.15) is 17.1 Å². The van der Waals surface area contributed by atoms with E-state index in [1.54, 1.807) is 17.0 Å². The minimum Gasteiger partial charge on any atom is -0.382 e. The first-order valence-electron chi connectivity index (χ1n) is 6.66. The van der Waals surface area contributed by atoms with Crippen LogP contribution in [0.1, 0.15) is 24.1 Å². The minimum absolute atomic E-state index is 0.238. The average Bonchev–Trinajstić information content (AvgIpc) is 3.02. The number of anilines is 1. The second-order valence-electron chi connectivity index (χ2n) is 5.19. The summed E-state index contributed by atoms with van der Waals surface area (Å²) in [4.78, 5) is 1.77. The number of nitriles is 1. The molecule has 1 aliphatic rings. The van der Waals surface area contributed by atoms with E-state index in [2.05, 4.69) is 15.4 Å². The molecule has 1 saturated heterocycles. The maximum absolute atomic E-state index is 14.1. The number of aromatic amines is 1. The van der Waals surface area contributed by atoms with E-state index in [9.17, 15) is 9.50 Å². The lowest BCUT2D eigenvalue weighted by Gasteiger charge is -2.39. The minimum atomic E-state index is -1.15. The van der Waals surface area contributed by atoms with Crippen molar-refractivity contribution in [2.24, 2.45) is 0 Å². The predicted molar refractivity (Wildman–Crippen MR) is 72.8 cm³/mol. The number of β-amino-alcohol motifs (C(OH)–C–C–N with tert-alkyl or cyclic N) is 1. The Labute approximate surface area is 120 Å². The molecule has 108 valence electrons. The first-order chi connectivity index (χ1) is 10.1. The van der Waals surface area contributed by atoms with E-state index < -0.39 is 11.4 Å². The number of nitrogens with one attached hydrogen (secondary N) is 1. The summed E-state index contributed by atoms with van der Waals surface area (Å²) in [6.07, 6.45) is 2.75. The van der Waals surface area contributed by atoms with Gasteiger partial charge in [-0.3, -0.25) is 0 Å². The molecule has 0 bridgehead atoms. The lowest BCUT2D eigenvalue weighted by atomic mass is 9.89. The molecule has 1 aromatic carbocycles. The third-order valence-electron chi connectivity index (χ3n) is 3.78. The van der Waals surface area contributed by atoms with E-state index in [0.29, 0.717) is 30.8 Å². The number of halogens is 1. The molecule has 0 amide bonds. The van der Waals surface area contributed by atoms with Crippen molar-refractivity contribution >= 4 is 5.69 Å². The number of aromatic nitrogens is 3. The van der Waals surface area contributed by atoms with Gasteiger partial charge in [-0.2, -0.15) is 20.7 Å². The monoisotopic (exact) mass is 287 g/mol. The molecule has 2 aromatic rings. The molecule has 7 heteroatoms. The molecule has 6 nitrogen and oxygen atoms in total. The van der Waals surface area contributed by atoms with Gasteiger partial charge >= 0.3 is 0 Å². The second-order valence-corrected chi connectivity index (χ2v) is 5.19.